The van der Waals surface area contributed by atoms with E-state index >= 15 is 0 Å². The van der Waals surface area contributed by atoms with Crippen molar-refractivity contribution in [1.29, 1.82) is 0 Å². The summed E-state index contributed by atoms with van der Waals surface area (Å²) in [6, 6.07) is 7.87. The summed E-state index contributed by atoms with van der Waals surface area (Å²) < 4.78 is 49.5. The average molecular weight is 362 g/mol. The first kappa shape index (κ1) is 16.6. The quantitative estimate of drug-likeness (QED) is 0.774. The lowest BCUT2D eigenvalue weighted by Gasteiger charge is -2.15. The fourth-order valence-corrected chi connectivity index (χ4v) is 3.11. The van der Waals surface area contributed by atoms with Gasteiger partial charge in [0.15, 0.2) is 0 Å². The van der Waals surface area contributed by atoms with E-state index in [9.17, 15) is 13.2 Å². The fraction of sp³-hybridized carbons (Fsp3) is 0.267. The van der Waals surface area contributed by atoms with Crippen LogP contribution in [0.1, 0.15) is 17.5 Å². The summed E-state index contributed by atoms with van der Waals surface area (Å²) in [5, 5.41) is 0.555. The van der Waals surface area contributed by atoms with Crippen LogP contribution in [0.3, 0.4) is 0 Å². The molecule has 0 saturated carbocycles. The third-order valence-corrected chi connectivity index (χ3v) is 4.40. The topological polar surface area (TPSA) is 31.4 Å². The highest BCUT2D eigenvalue weighted by Gasteiger charge is 2.33. The summed E-state index contributed by atoms with van der Waals surface area (Å²) in [5.74, 6) is 0. The Labute approximate surface area is 139 Å². The van der Waals surface area contributed by atoms with Crippen molar-refractivity contribution >= 4 is 23.4 Å². The zero-order valence-corrected chi connectivity index (χ0v) is 13.2. The zero-order chi connectivity index (χ0) is 16.4. The number of halogens is 4. The number of benzene rings is 1. The van der Waals surface area contributed by atoms with Crippen molar-refractivity contribution in [3.63, 3.8) is 0 Å². The maximum atomic E-state index is 12.9. The van der Waals surface area contributed by atoms with Crippen LogP contribution in [-0.4, -0.2) is 18.2 Å². The van der Waals surface area contributed by atoms with Gasteiger partial charge in [0.2, 0.25) is 6.29 Å². The number of pyridine rings is 1. The molecule has 0 amide bonds. The van der Waals surface area contributed by atoms with Gasteiger partial charge in [0, 0.05) is 21.0 Å². The minimum absolute atomic E-state index is 0.342. The third kappa shape index (κ3) is 3.98. The molecule has 3 nitrogen and oxygen atoms in total. The van der Waals surface area contributed by atoms with Gasteiger partial charge in [-0.05, 0) is 30.3 Å². The van der Waals surface area contributed by atoms with Gasteiger partial charge in [-0.25, -0.2) is 0 Å². The van der Waals surface area contributed by atoms with E-state index in [-0.39, 0.29) is 0 Å². The maximum Gasteiger partial charge on any atom is 0.417 e. The van der Waals surface area contributed by atoms with E-state index in [1.807, 2.05) is 0 Å². The summed E-state index contributed by atoms with van der Waals surface area (Å²) in [6.07, 6.45) is -4.41. The van der Waals surface area contributed by atoms with Crippen LogP contribution in [0.2, 0.25) is 5.02 Å². The van der Waals surface area contributed by atoms with Gasteiger partial charge in [-0.3, -0.25) is 4.98 Å². The average Bonchev–Trinajstić information content (AvgIpc) is 3.03. The molecule has 1 fully saturated rings. The van der Waals surface area contributed by atoms with E-state index in [4.69, 9.17) is 21.1 Å². The predicted octanol–water partition coefficient (Wildman–Crippen LogP) is 4.95. The monoisotopic (exact) mass is 361 g/mol. The molecule has 1 saturated heterocycles. The van der Waals surface area contributed by atoms with Gasteiger partial charge in [0.25, 0.3) is 0 Å². The second kappa shape index (κ2) is 6.68. The molecule has 0 N–H and O–H groups in total. The largest absolute Gasteiger partial charge is 0.417 e. The van der Waals surface area contributed by atoms with Crippen LogP contribution in [-0.2, 0) is 15.7 Å². The standard InChI is InChI=1S/C15H11ClF3NO2S/c16-10-1-3-11(4-2-10)23-12-7-9(15(17,18)19)8-20-13(12)14-21-5-6-22-14/h1-4,7-8,14H,5-6H2. The Morgan fingerprint density at radius 2 is 1.78 bits per heavy atom. The smallest absolute Gasteiger partial charge is 0.345 e. The first-order valence-corrected chi connectivity index (χ1v) is 7.87. The molecule has 0 aliphatic carbocycles. The summed E-state index contributed by atoms with van der Waals surface area (Å²) in [5.41, 5.74) is -0.467. The molecule has 3 rings (SSSR count). The highest BCUT2D eigenvalue weighted by atomic mass is 35.5. The van der Waals surface area contributed by atoms with Gasteiger partial charge >= 0.3 is 6.18 Å². The molecule has 0 bridgehead atoms. The molecule has 2 heterocycles. The molecular weight excluding hydrogens is 351 g/mol. The van der Waals surface area contributed by atoms with Gasteiger partial charge in [-0.2, -0.15) is 13.2 Å². The fourth-order valence-electron chi connectivity index (χ4n) is 2.01. The van der Waals surface area contributed by atoms with Crippen molar-refractivity contribution in [2.75, 3.05) is 13.2 Å². The molecular formula is C15H11ClF3NO2S. The van der Waals surface area contributed by atoms with Crippen LogP contribution in [0, 0.1) is 0 Å². The lowest BCUT2D eigenvalue weighted by atomic mass is 10.2. The van der Waals surface area contributed by atoms with Crippen LogP contribution in [0.25, 0.3) is 0 Å². The van der Waals surface area contributed by atoms with E-state index in [1.54, 1.807) is 24.3 Å². The Morgan fingerprint density at radius 1 is 1.13 bits per heavy atom. The molecule has 1 aliphatic heterocycles. The zero-order valence-electron chi connectivity index (χ0n) is 11.6. The van der Waals surface area contributed by atoms with Gasteiger partial charge in [-0.15, -0.1) is 0 Å². The van der Waals surface area contributed by atoms with Gasteiger partial charge in [0.05, 0.1) is 18.8 Å². The number of nitrogens with zero attached hydrogens (tertiary/aromatic N) is 1. The summed E-state index contributed by atoms with van der Waals surface area (Å²) in [4.78, 5) is 5.01. The Balaban J connectivity index is 1.97. The predicted molar refractivity (Wildman–Crippen MR) is 79.5 cm³/mol. The minimum Gasteiger partial charge on any atom is -0.345 e. The van der Waals surface area contributed by atoms with Crippen molar-refractivity contribution in [1.82, 2.24) is 4.98 Å². The van der Waals surface area contributed by atoms with Gasteiger partial charge in [0.1, 0.15) is 5.69 Å². The SMILES string of the molecule is FC(F)(F)c1cnc(C2OCCO2)c(Sc2ccc(Cl)cc2)c1. The number of alkyl halides is 3. The molecule has 23 heavy (non-hydrogen) atoms. The Bertz CT molecular complexity index is 688. The molecule has 8 heteroatoms. The minimum atomic E-state index is -4.46. The van der Waals surface area contributed by atoms with E-state index in [1.165, 1.54) is 0 Å². The second-order valence-electron chi connectivity index (χ2n) is 4.73. The lowest BCUT2D eigenvalue weighted by molar-refractivity contribution is -0.138. The van der Waals surface area contributed by atoms with Crippen LogP contribution in [0.15, 0.2) is 46.3 Å². The number of hydrogen-bond donors (Lipinski definition) is 0. The molecule has 0 radical (unpaired) electrons. The Kier molecular flexibility index (Phi) is 4.82. The highest BCUT2D eigenvalue weighted by molar-refractivity contribution is 7.99. The molecule has 2 aromatic rings. The van der Waals surface area contributed by atoms with Crippen LogP contribution in [0.5, 0.6) is 0 Å². The second-order valence-corrected chi connectivity index (χ2v) is 6.29. The van der Waals surface area contributed by atoms with E-state index in [0.717, 1.165) is 28.9 Å². The van der Waals surface area contributed by atoms with Crippen molar-refractivity contribution in [2.24, 2.45) is 0 Å². The van der Waals surface area contributed by atoms with Gasteiger partial charge in [-0.1, -0.05) is 23.4 Å². The number of rotatable bonds is 3. The molecule has 0 spiro atoms. The highest BCUT2D eigenvalue weighted by Crippen LogP contribution is 2.39. The first-order chi connectivity index (χ1) is 10.9. The van der Waals surface area contributed by atoms with E-state index < -0.39 is 18.0 Å². The van der Waals surface area contributed by atoms with Gasteiger partial charge < -0.3 is 9.47 Å². The summed E-state index contributed by atoms with van der Waals surface area (Å²) in [6.45, 7) is 0.775. The van der Waals surface area contributed by atoms with E-state index in [2.05, 4.69) is 4.98 Å². The normalized spacial score (nSPS) is 16.0. The van der Waals surface area contributed by atoms with Crippen molar-refractivity contribution in [3.8, 4) is 0 Å². The maximum absolute atomic E-state index is 12.9. The molecule has 1 aromatic heterocycles. The third-order valence-electron chi connectivity index (χ3n) is 3.10. The number of ether oxygens (including phenoxy) is 2. The molecule has 1 aliphatic rings. The van der Waals surface area contributed by atoms with Crippen molar-refractivity contribution < 1.29 is 22.6 Å². The number of hydrogen-bond acceptors (Lipinski definition) is 4. The molecule has 122 valence electrons. The Hall–Kier alpha value is -1.28. The van der Waals surface area contributed by atoms with Crippen molar-refractivity contribution in [3.05, 3.63) is 52.8 Å². The molecule has 0 atom stereocenters. The summed E-state index contributed by atoms with van der Waals surface area (Å²) in [7, 11) is 0. The summed E-state index contributed by atoms with van der Waals surface area (Å²) >= 11 is 6.98. The van der Waals surface area contributed by atoms with Crippen LogP contribution >= 0.6 is 23.4 Å². The first-order valence-electron chi connectivity index (χ1n) is 6.67. The lowest BCUT2D eigenvalue weighted by Crippen LogP contribution is -2.09. The number of aromatic nitrogens is 1. The van der Waals surface area contributed by atoms with Crippen molar-refractivity contribution in [2.45, 2.75) is 22.3 Å². The Morgan fingerprint density at radius 3 is 2.39 bits per heavy atom. The molecule has 0 unspecified atom stereocenters. The van der Waals surface area contributed by atoms with E-state index in [0.29, 0.717) is 28.8 Å². The molecule has 1 aromatic carbocycles. The van der Waals surface area contributed by atoms with Crippen LogP contribution in [0.4, 0.5) is 13.2 Å². The van der Waals surface area contributed by atoms with Crippen LogP contribution < -0.4 is 0 Å².